The standard InChI is InChI=1S/C9H17N3O3S/c1-8(2)16(13,14)6-5-10-4-3-9-11-7-12-15-9/h7-8,10H,3-6H2,1-2H3. The average Bonchev–Trinajstić information content (AvgIpc) is 2.69. The molecule has 92 valence electrons. The lowest BCUT2D eigenvalue weighted by molar-refractivity contribution is 0.375. The monoisotopic (exact) mass is 247 g/mol. The van der Waals surface area contributed by atoms with Gasteiger partial charge in [-0.25, -0.2) is 8.42 Å². The quantitative estimate of drug-likeness (QED) is 0.684. The zero-order valence-electron chi connectivity index (χ0n) is 9.51. The predicted octanol–water partition coefficient (Wildman–Crippen LogP) is 0.0249. The van der Waals surface area contributed by atoms with Crippen LogP contribution in [0.5, 0.6) is 0 Å². The molecule has 0 aliphatic rings. The molecule has 0 saturated heterocycles. The summed E-state index contributed by atoms with van der Waals surface area (Å²) in [5.41, 5.74) is 0. The molecule has 1 N–H and O–H groups in total. The number of hydrogen-bond acceptors (Lipinski definition) is 6. The van der Waals surface area contributed by atoms with Crippen LogP contribution in [0.25, 0.3) is 0 Å². The molecular weight excluding hydrogens is 230 g/mol. The Labute approximate surface area is 95.3 Å². The van der Waals surface area contributed by atoms with Gasteiger partial charge in [0.15, 0.2) is 16.2 Å². The molecule has 1 aromatic rings. The maximum Gasteiger partial charge on any atom is 0.227 e. The normalized spacial score (nSPS) is 12.2. The molecule has 0 bridgehead atoms. The van der Waals surface area contributed by atoms with Gasteiger partial charge in [-0.2, -0.15) is 4.98 Å². The van der Waals surface area contributed by atoms with Crippen molar-refractivity contribution in [2.45, 2.75) is 25.5 Å². The van der Waals surface area contributed by atoms with E-state index in [4.69, 9.17) is 4.52 Å². The van der Waals surface area contributed by atoms with E-state index in [0.717, 1.165) is 0 Å². The highest BCUT2D eigenvalue weighted by molar-refractivity contribution is 7.92. The Morgan fingerprint density at radius 3 is 2.75 bits per heavy atom. The summed E-state index contributed by atoms with van der Waals surface area (Å²) >= 11 is 0. The van der Waals surface area contributed by atoms with Crippen LogP contribution in [0.15, 0.2) is 10.9 Å². The smallest absolute Gasteiger partial charge is 0.227 e. The Balaban J connectivity index is 2.13. The number of sulfone groups is 1. The summed E-state index contributed by atoms with van der Waals surface area (Å²) in [6, 6.07) is 0. The molecule has 0 spiro atoms. The minimum atomic E-state index is -2.95. The first-order valence-corrected chi connectivity index (χ1v) is 6.92. The van der Waals surface area contributed by atoms with Crippen LogP contribution in [0.3, 0.4) is 0 Å². The Morgan fingerprint density at radius 2 is 2.19 bits per heavy atom. The van der Waals surface area contributed by atoms with Gasteiger partial charge in [-0.05, 0) is 13.8 Å². The van der Waals surface area contributed by atoms with Gasteiger partial charge in [0.05, 0.1) is 11.0 Å². The zero-order valence-corrected chi connectivity index (χ0v) is 10.3. The van der Waals surface area contributed by atoms with Crippen molar-refractivity contribution in [2.75, 3.05) is 18.8 Å². The molecule has 16 heavy (non-hydrogen) atoms. The van der Waals surface area contributed by atoms with Crippen molar-refractivity contribution in [1.82, 2.24) is 15.5 Å². The molecule has 0 atom stereocenters. The van der Waals surface area contributed by atoms with E-state index >= 15 is 0 Å². The molecule has 7 heteroatoms. The SMILES string of the molecule is CC(C)S(=O)(=O)CCNCCc1ncno1. The van der Waals surface area contributed by atoms with E-state index in [1.54, 1.807) is 13.8 Å². The number of nitrogens with one attached hydrogen (secondary N) is 1. The van der Waals surface area contributed by atoms with Crippen LogP contribution in [0, 0.1) is 0 Å². The fourth-order valence-electron chi connectivity index (χ4n) is 1.08. The van der Waals surface area contributed by atoms with Crippen LogP contribution >= 0.6 is 0 Å². The second-order valence-electron chi connectivity index (χ2n) is 3.75. The molecule has 0 radical (unpaired) electrons. The molecule has 0 fully saturated rings. The Morgan fingerprint density at radius 1 is 1.44 bits per heavy atom. The average molecular weight is 247 g/mol. The van der Waals surface area contributed by atoms with E-state index in [2.05, 4.69) is 15.5 Å². The minimum Gasteiger partial charge on any atom is -0.340 e. The molecule has 0 aliphatic carbocycles. The van der Waals surface area contributed by atoms with Crippen LogP contribution in [0.1, 0.15) is 19.7 Å². The predicted molar refractivity (Wildman–Crippen MR) is 59.8 cm³/mol. The second kappa shape index (κ2) is 5.95. The Kier molecular flexibility index (Phi) is 4.88. The highest BCUT2D eigenvalue weighted by atomic mass is 32.2. The minimum absolute atomic E-state index is 0.161. The molecule has 0 unspecified atom stereocenters. The van der Waals surface area contributed by atoms with Gasteiger partial charge in [0, 0.05) is 19.5 Å². The van der Waals surface area contributed by atoms with Gasteiger partial charge >= 0.3 is 0 Å². The molecule has 0 aromatic carbocycles. The lowest BCUT2D eigenvalue weighted by atomic mass is 10.4. The van der Waals surface area contributed by atoms with Crippen molar-refractivity contribution in [3.8, 4) is 0 Å². The molecule has 6 nitrogen and oxygen atoms in total. The maximum atomic E-state index is 11.4. The van der Waals surface area contributed by atoms with Gasteiger partial charge in [0.1, 0.15) is 0 Å². The van der Waals surface area contributed by atoms with Gasteiger partial charge in [-0.3, -0.25) is 0 Å². The maximum absolute atomic E-state index is 11.4. The van der Waals surface area contributed by atoms with Gasteiger partial charge in [-0.1, -0.05) is 5.16 Å². The first-order valence-electron chi connectivity index (χ1n) is 5.20. The van der Waals surface area contributed by atoms with E-state index in [9.17, 15) is 8.42 Å². The number of nitrogens with zero attached hydrogens (tertiary/aromatic N) is 2. The molecule has 0 amide bonds. The van der Waals surface area contributed by atoms with Crippen molar-refractivity contribution in [3.05, 3.63) is 12.2 Å². The number of rotatable bonds is 7. The van der Waals surface area contributed by atoms with Crippen LogP contribution in [0.2, 0.25) is 0 Å². The summed E-state index contributed by atoms with van der Waals surface area (Å²) < 4.78 is 27.7. The molecule has 1 heterocycles. The number of hydrogen-bond donors (Lipinski definition) is 1. The van der Waals surface area contributed by atoms with E-state index in [1.165, 1.54) is 6.33 Å². The van der Waals surface area contributed by atoms with Crippen molar-refractivity contribution >= 4 is 9.84 Å². The summed E-state index contributed by atoms with van der Waals surface area (Å²) in [4.78, 5) is 3.85. The summed E-state index contributed by atoms with van der Waals surface area (Å²) in [5.74, 6) is 0.716. The van der Waals surface area contributed by atoms with E-state index in [0.29, 0.717) is 25.4 Å². The zero-order chi connectivity index (χ0) is 12.0. The third-order valence-corrected chi connectivity index (χ3v) is 4.41. The first kappa shape index (κ1) is 13.1. The van der Waals surface area contributed by atoms with Crippen molar-refractivity contribution in [1.29, 1.82) is 0 Å². The van der Waals surface area contributed by atoms with Gasteiger partial charge in [0.2, 0.25) is 5.89 Å². The highest BCUT2D eigenvalue weighted by Gasteiger charge is 2.14. The molecule has 1 aromatic heterocycles. The summed E-state index contributed by atoms with van der Waals surface area (Å²) in [6.07, 6.45) is 1.96. The fraction of sp³-hybridized carbons (Fsp3) is 0.778. The van der Waals surface area contributed by atoms with Crippen molar-refractivity contribution in [2.24, 2.45) is 0 Å². The Hall–Kier alpha value is -0.950. The molecular formula is C9H17N3O3S. The van der Waals surface area contributed by atoms with Crippen molar-refractivity contribution in [3.63, 3.8) is 0 Å². The van der Waals surface area contributed by atoms with Crippen LogP contribution < -0.4 is 5.32 Å². The third-order valence-electron chi connectivity index (χ3n) is 2.20. The van der Waals surface area contributed by atoms with Crippen LogP contribution in [0.4, 0.5) is 0 Å². The summed E-state index contributed by atoms with van der Waals surface area (Å²) in [7, 11) is -2.95. The van der Waals surface area contributed by atoms with Crippen molar-refractivity contribution < 1.29 is 12.9 Å². The van der Waals surface area contributed by atoms with E-state index in [1.807, 2.05) is 0 Å². The van der Waals surface area contributed by atoms with Crippen LogP contribution in [-0.2, 0) is 16.3 Å². The summed E-state index contributed by atoms with van der Waals surface area (Å²) in [5, 5.41) is 6.19. The van der Waals surface area contributed by atoms with Gasteiger partial charge < -0.3 is 9.84 Å². The van der Waals surface area contributed by atoms with Gasteiger partial charge in [-0.15, -0.1) is 0 Å². The first-order chi connectivity index (χ1) is 7.52. The third kappa shape index (κ3) is 4.28. The van der Waals surface area contributed by atoms with Gasteiger partial charge in [0.25, 0.3) is 0 Å². The molecule has 0 saturated carbocycles. The molecule has 0 aliphatic heterocycles. The number of aromatic nitrogens is 2. The van der Waals surface area contributed by atoms with Crippen LogP contribution in [-0.4, -0.2) is 42.7 Å². The largest absolute Gasteiger partial charge is 0.340 e. The lowest BCUT2D eigenvalue weighted by Crippen LogP contribution is -2.28. The van der Waals surface area contributed by atoms with E-state index in [-0.39, 0.29) is 11.0 Å². The summed E-state index contributed by atoms with van der Waals surface area (Å²) in [6.45, 7) is 4.46. The fourth-order valence-corrected chi connectivity index (χ4v) is 1.98. The highest BCUT2D eigenvalue weighted by Crippen LogP contribution is 1.99. The Bertz CT molecular complexity index is 386. The lowest BCUT2D eigenvalue weighted by Gasteiger charge is -2.07. The second-order valence-corrected chi connectivity index (χ2v) is 6.43. The molecule has 1 rings (SSSR count). The topological polar surface area (TPSA) is 85.1 Å². The van der Waals surface area contributed by atoms with E-state index < -0.39 is 9.84 Å².